The van der Waals surface area contributed by atoms with Crippen LogP contribution in [0.15, 0.2) is 95.9 Å². The topological polar surface area (TPSA) is 52.7 Å². The molecular formula is C37H50F3N5OS. The quantitative estimate of drug-likeness (QED) is 0.201. The molecule has 2 N–H and O–H groups in total. The van der Waals surface area contributed by atoms with E-state index in [0.717, 1.165) is 80.0 Å². The second-order valence-corrected chi connectivity index (χ2v) is 11.9. The average molecular weight is 670 g/mol. The fraction of sp³-hybridized carbons (Fsp3) is 0.432. The summed E-state index contributed by atoms with van der Waals surface area (Å²) in [5, 5.41) is 5.37. The molecule has 2 aromatic carbocycles. The maximum atomic E-state index is 14.3. The molecule has 0 bridgehead atoms. The molecule has 256 valence electrons. The number of allylic oxidation sites excluding steroid dienone is 1. The summed E-state index contributed by atoms with van der Waals surface area (Å²) in [7, 11) is 0. The van der Waals surface area contributed by atoms with Crippen molar-refractivity contribution in [3.8, 4) is 0 Å². The van der Waals surface area contributed by atoms with E-state index in [1.807, 2.05) is 76.2 Å². The number of rotatable bonds is 12. The molecule has 2 aliphatic rings. The molecule has 3 heterocycles. The Morgan fingerprint density at radius 2 is 1.66 bits per heavy atom. The number of hydrogen-bond acceptors (Lipinski definition) is 7. The van der Waals surface area contributed by atoms with Gasteiger partial charge in [-0.25, -0.2) is 0 Å². The van der Waals surface area contributed by atoms with Crippen molar-refractivity contribution in [2.24, 2.45) is 0 Å². The molecular weight excluding hydrogens is 620 g/mol. The highest BCUT2D eigenvalue weighted by atomic mass is 32.2. The zero-order valence-corrected chi connectivity index (χ0v) is 29.2. The number of ether oxygens (including phenoxy) is 1. The van der Waals surface area contributed by atoms with E-state index in [2.05, 4.69) is 51.1 Å². The van der Waals surface area contributed by atoms with Crippen LogP contribution in [0.2, 0.25) is 0 Å². The SMILES string of the molecule is C=C(NCc1cccc(CN2CCOCC2)c1)C1=C(C(F)(F)F)NC(c2ccccc2CN(CC)Cc2ccncc2)S1.CC.CC. The first-order valence-corrected chi connectivity index (χ1v) is 17.4. The van der Waals surface area contributed by atoms with Gasteiger partial charge < -0.3 is 15.4 Å². The molecule has 1 saturated heterocycles. The summed E-state index contributed by atoms with van der Waals surface area (Å²) in [5.74, 6) is 0. The third-order valence-corrected chi connectivity index (χ3v) is 8.93. The van der Waals surface area contributed by atoms with Crippen molar-refractivity contribution < 1.29 is 17.9 Å². The van der Waals surface area contributed by atoms with E-state index in [1.165, 1.54) is 5.56 Å². The summed E-state index contributed by atoms with van der Waals surface area (Å²) in [6.45, 7) is 20.7. The van der Waals surface area contributed by atoms with Crippen LogP contribution in [-0.4, -0.2) is 53.8 Å². The van der Waals surface area contributed by atoms with Crippen molar-refractivity contribution in [1.82, 2.24) is 25.4 Å². The Morgan fingerprint density at radius 1 is 0.979 bits per heavy atom. The second-order valence-electron chi connectivity index (χ2n) is 10.7. The lowest BCUT2D eigenvalue weighted by atomic mass is 10.1. The van der Waals surface area contributed by atoms with Gasteiger partial charge in [0.2, 0.25) is 0 Å². The van der Waals surface area contributed by atoms with Gasteiger partial charge in [0.05, 0.1) is 18.1 Å². The van der Waals surface area contributed by atoms with Gasteiger partial charge in [-0.1, -0.05) is 101 Å². The zero-order valence-electron chi connectivity index (χ0n) is 28.4. The molecule has 0 amide bonds. The summed E-state index contributed by atoms with van der Waals surface area (Å²) in [5.41, 5.74) is 4.63. The summed E-state index contributed by atoms with van der Waals surface area (Å²) < 4.78 is 48.3. The van der Waals surface area contributed by atoms with Gasteiger partial charge in [-0.3, -0.25) is 14.8 Å². The van der Waals surface area contributed by atoms with E-state index in [9.17, 15) is 13.2 Å². The highest BCUT2D eigenvalue weighted by Crippen LogP contribution is 2.48. The molecule has 0 saturated carbocycles. The summed E-state index contributed by atoms with van der Waals surface area (Å²) in [4.78, 5) is 8.79. The zero-order chi connectivity index (χ0) is 34.2. The minimum atomic E-state index is -4.54. The molecule has 0 radical (unpaired) electrons. The van der Waals surface area contributed by atoms with Crippen LogP contribution >= 0.6 is 11.8 Å². The van der Waals surface area contributed by atoms with Crippen LogP contribution in [0, 0.1) is 0 Å². The van der Waals surface area contributed by atoms with Gasteiger partial charge in [0.15, 0.2) is 0 Å². The van der Waals surface area contributed by atoms with Crippen LogP contribution in [0.3, 0.4) is 0 Å². The Hall–Kier alpha value is -3.31. The second kappa shape index (κ2) is 19.5. The van der Waals surface area contributed by atoms with Crippen LogP contribution < -0.4 is 10.6 Å². The molecule has 3 aromatic rings. The molecule has 5 rings (SSSR count). The first kappa shape index (κ1) is 38.1. The summed E-state index contributed by atoms with van der Waals surface area (Å²) in [6, 6.07) is 19.8. The maximum absolute atomic E-state index is 14.3. The van der Waals surface area contributed by atoms with Crippen LogP contribution in [-0.2, 0) is 30.9 Å². The number of hydrogen-bond donors (Lipinski definition) is 2. The first-order chi connectivity index (χ1) is 22.8. The van der Waals surface area contributed by atoms with Crippen molar-refractivity contribution in [1.29, 1.82) is 0 Å². The number of nitrogens with zero attached hydrogens (tertiary/aromatic N) is 3. The van der Waals surface area contributed by atoms with E-state index in [0.29, 0.717) is 13.1 Å². The van der Waals surface area contributed by atoms with Crippen molar-refractivity contribution in [3.05, 3.63) is 124 Å². The van der Waals surface area contributed by atoms with Gasteiger partial charge in [0.25, 0.3) is 0 Å². The lowest BCUT2D eigenvalue weighted by Crippen LogP contribution is -2.35. The highest BCUT2D eigenvalue weighted by Gasteiger charge is 2.43. The number of morpholine rings is 1. The van der Waals surface area contributed by atoms with Crippen LogP contribution in [0.4, 0.5) is 13.2 Å². The molecule has 2 aliphatic heterocycles. The predicted octanol–water partition coefficient (Wildman–Crippen LogP) is 8.40. The number of thioether (sulfide) groups is 1. The third kappa shape index (κ3) is 11.4. The molecule has 10 heteroatoms. The minimum Gasteiger partial charge on any atom is -0.380 e. The van der Waals surface area contributed by atoms with E-state index in [1.54, 1.807) is 12.4 Å². The van der Waals surface area contributed by atoms with Crippen LogP contribution in [0.25, 0.3) is 0 Å². The number of pyridine rings is 1. The molecule has 0 aliphatic carbocycles. The van der Waals surface area contributed by atoms with Gasteiger partial charge in [0.1, 0.15) is 11.1 Å². The van der Waals surface area contributed by atoms with Crippen molar-refractivity contribution in [3.63, 3.8) is 0 Å². The lowest BCUT2D eigenvalue weighted by molar-refractivity contribution is -0.0968. The fourth-order valence-electron chi connectivity index (χ4n) is 5.32. The van der Waals surface area contributed by atoms with E-state index in [-0.39, 0.29) is 10.6 Å². The van der Waals surface area contributed by atoms with Gasteiger partial charge in [-0.15, -0.1) is 0 Å². The summed E-state index contributed by atoms with van der Waals surface area (Å²) >= 11 is 1.16. The average Bonchev–Trinajstić information content (AvgIpc) is 3.57. The van der Waals surface area contributed by atoms with E-state index in [4.69, 9.17) is 4.74 Å². The van der Waals surface area contributed by atoms with Crippen molar-refractivity contribution >= 4 is 11.8 Å². The Bertz CT molecular complexity index is 1410. The highest BCUT2D eigenvalue weighted by molar-refractivity contribution is 8.03. The molecule has 1 fully saturated rings. The van der Waals surface area contributed by atoms with E-state index >= 15 is 0 Å². The van der Waals surface area contributed by atoms with Crippen molar-refractivity contribution in [2.45, 2.75) is 72.3 Å². The van der Waals surface area contributed by atoms with Crippen LogP contribution in [0.1, 0.15) is 67.8 Å². The largest absolute Gasteiger partial charge is 0.432 e. The number of aromatic nitrogens is 1. The molecule has 0 spiro atoms. The van der Waals surface area contributed by atoms with Gasteiger partial charge in [-0.2, -0.15) is 13.2 Å². The molecule has 6 nitrogen and oxygen atoms in total. The van der Waals surface area contributed by atoms with Crippen molar-refractivity contribution in [2.75, 3.05) is 32.8 Å². The molecule has 1 aromatic heterocycles. The van der Waals surface area contributed by atoms with Gasteiger partial charge >= 0.3 is 6.18 Å². The summed E-state index contributed by atoms with van der Waals surface area (Å²) in [6.07, 6.45) is -0.998. The van der Waals surface area contributed by atoms with Gasteiger partial charge in [-0.05, 0) is 46.5 Å². The van der Waals surface area contributed by atoms with E-state index < -0.39 is 17.2 Å². The normalized spacial score (nSPS) is 16.5. The minimum absolute atomic E-state index is 0.0981. The first-order valence-electron chi connectivity index (χ1n) is 16.5. The number of alkyl halides is 3. The monoisotopic (exact) mass is 669 g/mol. The molecule has 1 atom stereocenters. The number of halogens is 3. The Labute approximate surface area is 283 Å². The number of nitrogens with one attached hydrogen (secondary N) is 2. The Morgan fingerprint density at radius 3 is 2.34 bits per heavy atom. The predicted molar refractivity (Wildman–Crippen MR) is 188 cm³/mol. The molecule has 1 unspecified atom stereocenters. The standard InChI is InChI=1S/C33H38F3N5OS.2C2H6/c1-3-40(21-25-11-13-37-14-12-25)23-28-9-4-5-10-29(28)32-39-31(33(34,35)36)30(43-32)24(2)38-20-26-7-6-8-27(19-26)22-41-15-17-42-18-16-41;2*1-2/h4-14,19,32,38-39H,2-3,15-18,20-23H2,1H3;2*1-2H3. The fourth-order valence-corrected chi connectivity index (χ4v) is 6.60. The Balaban J connectivity index is 0.00000144. The smallest absolute Gasteiger partial charge is 0.380 e. The molecule has 47 heavy (non-hydrogen) atoms. The number of benzene rings is 2. The Kier molecular flexibility index (Phi) is 15.8. The third-order valence-electron chi connectivity index (χ3n) is 7.64. The van der Waals surface area contributed by atoms with Gasteiger partial charge in [0, 0.05) is 57.4 Å². The van der Waals surface area contributed by atoms with Crippen LogP contribution in [0.5, 0.6) is 0 Å². The lowest BCUT2D eigenvalue weighted by Gasteiger charge is -2.26. The maximum Gasteiger partial charge on any atom is 0.432 e.